The highest BCUT2D eigenvalue weighted by atomic mass is 127. The molecule has 0 aliphatic heterocycles. The van der Waals surface area contributed by atoms with Gasteiger partial charge < -0.3 is 21.1 Å². The van der Waals surface area contributed by atoms with Gasteiger partial charge in [0.15, 0.2) is 5.96 Å². The number of guanidine groups is 1. The second-order valence-electron chi connectivity index (χ2n) is 7.71. The van der Waals surface area contributed by atoms with E-state index in [-0.39, 0.29) is 42.4 Å². The second-order valence-corrected chi connectivity index (χ2v) is 7.71. The molecule has 31 heavy (non-hydrogen) atoms. The number of aliphatic hydroxyl groups excluding tert-OH is 1. The van der Waals surface area contributed by atoms with Gasteiger partial charge in [-0.3, -0.25) is 4.79 Å². The number of carbonyl (C=O) groups is 1. The van der Waals surface area contributed by atoms with E-state index < -0.39 is 0 Å². The maximum absolute atomic E-state index is 12.0. The lowest BCUT2D eigenvalue weighted by Gasteiger charge is -2.18. The van der Waals surface area contributed by atoms with Gasteiger partial charge in [0.2, 0.25) is 5.91 Å². The summed E-state index contributed by atoms with van der Waals surface area (Å²) >= 11 is 0. The molecule has 0 saturated carbocycles. The molecular formula is C24H35IN4O2. The van der Waals surface area contributed by atoms with E-state index in [4.69, 9.17) is 0 Å². The number of aliphatic imine (C=N–C) groups is 1. The largest absolute Gasteiger partial charge is 0.396 e. The molecule has 0 fully saturated rings. The third-order valence-corrected chi connectivity index (χ3v) is 4.58. The first kappa shape index (κ1) is 26.9. The molecule has 1 amide bonds. The summed E-state index contributed by atoms with van der Waals surface area (Å²) in [7, 11) is 0. The van der Waals surface area contributed by atoms with Crippen LogP contribution in [0.15, 0.2) is 59.6 Å². The van der Waals surface area contributed by atoms with Crippen molar-refractivity contribution < 1.29 is 9.90 Å². The van der Waals surface area contributed by atoms with E-state index in [1.807, 2.05) is 75.4 Å². The van der Waals surface area contributed by atoms with Crippen molar-refractivity contribution in [1.29, 1.82) is 0 Å². The number of amides is 1. The molecule has 0 spiro atoms. The van der Waals surface area contributed by atoms with Crippen molar-refractivity contribution in [2.24, 2.45) is 10.9 Å². The summed E-state index contributed by atoms with van der Waals surface area (Å²) in [5.41, 5.74) is 2.89. The highest BCUT2D eigenvalue weighted by molar-refractivity contribution is 14.0. The molecule has 0 heterocycles. The molecular weight excluding hydrogens is 503 g/mol. The zero-order chi connectivity index (χ0) is 21.8. The van der Waals surface area contributed by atoms with E-state index in [0.29, 0.717) is 31.4 Å². The van der Waals surface area contributed by atoms with Crippen LogP contribution in [0.25, 0.3) is 0 Å². The molecule has 170 valence electrons. The van der Waals surface area contributed by atoms with Crippen molar-refractivity contribution in [2.45, 2.75) is 39.7 Å². The molecule has 2 aromatic rings. The predicted octanol–water partition coefficient (Wildman–Crippen LogP) is 4.12. The second kappa shape index (κ2) is 14.8. The summed E-state index contributed by atoms with van der Waals surface area (Å²) in [4.78, 5) is 16.7. The predicted molar refractivity (Wildman–Crippen MR) is 139 cm³/mol. The van der Waals surface area contributed by atoms with Gasteiger partial charge in [0.05, 0.1) is 13.2 Å². The standard InChI is InChI=1S/C24H34N4O2.HI/c1-4-25-24(27-16-21(17-29)20-10-6-5-7-11-20)26-15-19-9-8-12-22(14-19)28-23(30)13-18(2)3;/h5-12,14,18,21,29H,4,13,15-17H2,1-3H3,(H,28,30)(H2,25,26,27);1H. The average molecular weight is 538 g/mol. The van der Waals surface area contributed by atoms with E-state index >= 15 is 0 Å². The number of hydrogen-bond acceptors (Lipinski definition) is 3. The SMILES string of the molecule is CCNC(=NCc1cccc(NC(=O)CC(C)C)c1)NCC(CO)c1ccccc1.I. The smallest absolute Gasteiger partial charge is 0.224 e. The number of benzene rings is 2. The van der Waals surface area contributed by atoms with E-state index in [2.05, 4.69) is 20.9 Å². The number of halogens is 1. The molecule has 0 radical (unpaired) electrons. The third-order valence-electron chi connectivity index (χ3n) is 4.58. The van der Waals surface area contributed by atoms with E-state index in [0.717, 1.165) is 23.4 Å². The number of nitrogens with zero attached hydrogens (tertiary/aromatic N) is 1. The first-order valence-corrected chi connectivity index (χ1v) is 10.6. The van der Waals surface area contributed by atoms with Crippen molar-refractivity contribution in [2.75, 3.05) is 25.0 Å². The van der Waals surface area contributed by atoms with Crippen molar-refractivity contribution in [3.8, 4) is 0 Å². The summed E-state index contributed by atoms with van der Waals surface area (Å²) in [6, 6.07) is 17.7. The van der Waals surface area contributed by atoms with Gasteiger partial charge in [-0.2, -0.15) is 0 Å². The Morgan fingerprint density at radius 2 is 1.81 bits per heavy atom. The summed E-state index contributed by atoms with van der Waals surface area (Å²) in [6.45, 7) is 7.94. The van der Waals surface area contributed by atoms with Crippen LogP contribution in [0.3, 0.4) is 0 Å². The number of anilines is 1. The molecule has 4 N–H and O–H groups in total. The summed E-state index contributed by atoms with van der Waals surface area (Å²) in [5, 5.41) is 19.3. The van der Waals surface area contributed by atoms with Gasteiger partial charge in [-0.25, -0.2) is 4.99 Å². The molecule has 0 aliphatic rings. The molecule has 0 bridgehead atoms. The maximum Gasteiger partial charge on any atom is 0.224 e. The molecule has 1 unspecified atom stereocenters. The van der Waals surface area contributed by atoms with Crippen molar-refractivity contribution in [3.63, 3.8) is 0 Å². The van der Waals surface area contributed by atoms with Crippen LogP contribution in [0.2, 0.25) is 0 Å². The monoisotopic (exact) mass is 538 g/mol. The van der Waals surface area contributed by atoms with Gasteiger partial charge in [-0.15, -0.1) is 24.0 Å². The van der Waals surface area contributed by atoms with Crippen LogP contribution in [-0.4, -0.2) is 36.7 Å². The van der Waals surface area contributed by atoms with Crippen LogP contribution in [0.1, 0.15) is 44.2 Å². The van der Waals surface area contributed by atoms with Crippen LogP contribution in [0, 0.1) is 5.92 Å². The quantitative estimate of drug-likeness (QED) is 0.208. The van der Waals surface area contributed by atoms with Crippen LogP contribution in [0.5, 0.6) is 0 Å². The fourth-order valence-electron chi connectivity index (χ4n) is 3.08. The van der Waals surface area contributed by atoms with E-state index in [9.17, 15) is 9.90 Å². The fraction of sp³-hybridized carbons (Fsp3) is 0.417. The highest BCUT2D eigenvalue weighted by Gasteiger charge is 2.11. The molecule has 2 rings (SSSR count). The summed E-state index contributed by atoms with van der Waals surface area (Å²) in [5.74, 6) is 1.04. The van der Waals surface area contributed by atoms with Gasteiger partial charge in [0.25, 0.3) is 0 Å². The Balaban J connectivity index is 0.00000480. The molecule has 0 aliphatic carbocycles. The maximum atomic E-state index is 12.0. The van der Waals surface area contributed by atoms with Crippen molar-refractivity contribution in [3.05, 3.63) is 65.7 Å². The lowest BCUT2D eigenvalue weighted by atomic mass is 10.0. The Kier molecular flexibility index (Phi) is 12.8. The zero-order valence-corrected chi connectivity index (χ0v) is 20.9. The van der Waals surface area contributed by atoms with E-state index in [1.54, 1.807) is 0 Å². The lowest BCUT2D eigenvalue weighted by Crippen LogP contribution is -2.39. The number of hydrogen-bond donors (Lipinski definition) is 4. The molecule has 0 aromatic heterocycles. The van der Waals surface area contributed by atoms with Crippen LogP contribution in [-0.2, 0) is 11.3 Å². The number of rotatable bonds is 10. The minimum atomic E-state index is -0.00504. The Morgan fingerprint density at radius 1 is 1.06 bits per heavy atom. The Hall–Kier alpha value is -2.13. The van der Waals surface area contributed by atoms with Crippen molar-refractivity contribution >= 4 is 41.5 Å². The molecule has 2 aromatic carbocycles. The van der Waals surface area contributed by atoms with Gasteiger partial charge in [0.1, 0.15) is 0 Å². The minimum Gasteiger partial charge on any atom is -0.396 e. The van der Waals surface area contributed by atoms with Gasteiger partial charge >= 0.3 is 0 Å². The normalized spacial score (nSPS) is 12.1. The summed E-state index contributed by atoms with van der Waals surface area (Å²) in [6.07, 6.45) is 0.504. The Bertz CT molecular complexity index is 812. The average Bonchev–Trinajstić information content (AvgIpc) is 2.72. The molecule has 0 saturated heterocycles. The van der Waals surface area contributed by atoms with Gasteiger partial charge in [-0.1, -0.05) is 56.3 Å². The molecule has 6 nitrogen and oxygen atoms in total. The number of nitrogens with one attached hydrogen (secondary N) is 3. The third kappa shape index (κ3) is 10.1. The van der Waals surface area contributed by atoms with Crippen LogP contribution >= 0.6 is 24.0 Å². The first-order chi connectivity index (χ1) is 14.5. The Morgan fingerprint density at radius 3 is 2.45 bits per heavy atom. The first-order valence-electron chi connectivity index (χ1n) is 10.6. The minimum absolute atomic E-state index is 0. The molecule has 7 heteroatoms. The van der Waals surface area contributed by atoms with Gasteiger partial charge in [-0.05, 0) is 36.1 Å². The zero-order valence-electron chi connectivity index (χ0n) is 18.6. The summed E-state index contributed by atoms with van der Waals surface area (Å²) < 4.78 is 0. The Labute approximate surface area is 203 Å². The van der Waals surface area contributed by atoms with Crippen LogP contribution < -0.4 is 16.0 Å². The van der Waals surface area contributed by atoms with Gasteiger partial charge in [0, 0.05) is 31.1 Å². The number of aliphatic hydroxyl groups is 1. The highest BCUT2D eigenvalue weighted by Crippen LogP contribution is 2.14. The topological polar surface area (TPSA) is 85.8 Å². The van der Waals surface area contributed by atoms with Crippen molar-refractivity contribution in [1.82, 2.24) is 10.6 Å². The van der Waals surface area contributed by atoms with Crippen LogP contribution in [0.4, 0.5) is 5.69 Å². The molecule has 1 atom stereocenters. The lowest BCUT2D eigenvalue weighted by molar-refractivity contribution is -0.116. The number of carbonyl (C=O) groups excluding carboxylic acids is 1. The van der Waals surface area contributed by atoms with E-state index in [1.165, 1.54) is 0 Å². The fourth-order valence-corrected chi connectivity index (χ4v) is 3.08.